The van der Waals surface area contributed by atoms with E-state index in [9.17, 15) is 4.79 Å². The standard InChI is InChI=1S/C14H21NO3/c1-3-11-5-7-13(8-6-11)18-10-14(17)15-12(4-2)9-16/h5-8,12,16H,3-4,9-10H2,1-2H3,(H,15,17)/t12-/m0/s1. The van der Waals surface area contributed by atoms with E-state index in [4.69, 9.17) is 9.84 Å². The number of aliphatic hydroxyl groups is 1. The van der Waals surface area contributed by atoms with E-state index in [0.717, 1.165) is 6.42 Å². The molecule has 1 rings (SSSR count). The topological polar surface area (TPSA) is 58.6 Å². The first kappa shape index (κ1) is 14.5. The van der Waals surface area contributed by atoms with Crippen LogP contribution in [0.15, 0.2) is 24.3 Å². The molecule has 2 N–H and O–H groups in total. The Hall–Kier alpha value is -1.55. The Kier molecular flexibility index (Phi) is 6.22. The van der Waals surface area contributed by atoms with Gasteiger partial charge in [0.05, 0.1) is 12.6 Å². The number of aliphatic hydroxyl groups excluding tert-OH is 1. The maximum atomic E-state index is 11.5. The summed E-state index contributed by atoms with van der Waals surface area (Å²) in [6.45, 7) is 3.92. The van der Waals surface area contributed by atoms with Gasteiger partial charge in [-0.05, 0) is 30.5 Å². The van der Waals surface area contributed by atoms with Crippen LogP contribution in [0.3, 0.4) is 0 Å². The molecular formula is C14H21NO3. The zero-order chi connectivity index (χ0) is 13.4. The maximum absolute atomic E-state index is 11.5. The molecule has 18 heavy (non-hydrogen) atoms. The van der Waals surface area contributed by atoms with Gasteiger partial charge in [-0.15, -0.1) is 0 Å². The number of benzene rings is 1. The quantitative estimate of drug-likeness (QED) is 0.772. The number of hydrogen-bond donors (Lipinski definition) is 2. The van der Waals surface area contributed by atoms with Gasteiger partial charge in [-0.1, -0.05) is 26.0 Å². The third-order valence-corrected chi connectivity index (χ3v) is 2.78. The predicted molar refractivity (Wildman–Crippen MR) is 70.6 cm³/mol. The minimum atomic E-state index is -0.213. The first-order valence-corrected chi connectivity index (χ1v) is 6.31. The van der Waals surface area contributed by atoms with Crippen LogP contribution in [-0.4, -0.2) is 30.3 Å². The number of nitrogens with one attached hydrogen (secondary N) is 1. The number of amides is 1. The van der Waals surface area contributed by atoms with Gasteiger partial charge in [0.25, 0.3) is 5.91 Å². The SMILES string of the molecule is CCc1ccc(OCC(=O)N[C@@H](CC)CO)cc1. The summed E-state index contributed by atoms with van der Waals surface area (Å²) < 4.78 is 5.36. The van der Waals surface area contributed by atoms with Crippen molar-refractivity contribution in [3.8, 4) is 5.75 Å². The van der Waals surface area contributed by atoms with Crippen LogP contribution >= 0.6 is 0 Å². The number of ether oxygens (including phenoxy) is 1. The van der Waals surface area contributed by atoms with Crippen LogP contribution in [0.2, 0.25) is 0 Å². The molecule has 4 heteroatoms. The smallest absolute Gasteiger partial charge is 0.258 e. The van der Waals surface area contributed by atoms with E-state index in [2.05, 4.69) is 12.2 Å². The van der Waals surface area contributed by atoms with E-state index < -0.39 is 0 Å². The largest absolute Gasteiger partial charge is 0.484 e. The molecule has 0 radical (unpaired) electrons. The fourth-order valence-electron chi connectivity index (χ4n) is 1.52. The molecule has 1 atom stereocenters. The van der Waals surface area contributed by atoms with Gasteiger partial charge >= 0.3 is 0 Å². The van der Waals surface area contributed by atoms with Crippen molar-refractivity contribution in [3.05, 3.63) is 29.8 Å². The van der Waals surface area contributed by atoms with Crippen molar-refractivity contribution in [2.75, 3.05) is 13.2 Å². The van der Waals surface area contributed by atoms with Crippen molar-refractivity contribution in [1.82, 2.24) is 5.32 Å². The average Bonchev–Trinajstić information content (AvgIpc) is 2.43. The van der Waals surface area contributed by atoms with Crippen LogP contribution in [0.4, 0.5) is 0 Å². The van der Waals surface area contributed by atoms with E-state index in [1.54, 1.807) is 0 Å². The number of rotatable bonds is 7. The van der Waals surface area contributed by atoms with E-state index in [-0.39, 0.29) is 25.2 Å². The van der Waals surface area contributed by atoms with Crippen molar-refractivity contribution in [1.29, 1.82) is 0 Å². The molecule has 0 aliphatic heterocycles. The van der Waals surface area contributed by atoms with E-state index in [1.807, 2.05) is 31.2 Å². The summed E-state index contributed by atoms with van der Waals surface area (Å²) >= 11 is 0. The maximum Gasteiger partial charge on any atom is 0.258 e. The molecule has 0 heterocycles. The molecule has 0 fully saturated rings. The summed E-state index contributed by atoms with van der Waals surface area (Å²) in [6.07, 6.45) is 1.68. The third kappa shape index (κ3) is 4.75. The first-order valence-electron chi connectivity index (χ1n) is 6.31. The molecule has 0 aliphatic carbocycles. The second-order valence-electron chi connectivity index (χ2n) is 4.14. The van der Waals surface area contributed by atoms with Crippen LogP contribution in [0, 0.1) is 0 Å². The normalized spacial score (nSPS) is 11.9. The van der Waals surface area contributed by atoms with Crippen molar-refractivity contribution >= 4 is 5.91 Å². The highest BCUT2D eigenvalue weighted by atomic mass is 16.5. The molecular weight excluding hydrogens is 230 g/mol. The summed E-state index contributed by atoms with van der Waals surface area (Å²) in [7, 11) is 0. The second kappa shape index (κ2) is 7.71. The Morgan fingerprint density at radius 3 is 2.50 bits per heavy atom. The van der Waals surface area contributed by atoms with Gasteiger partial charge in [0, 0.05) is 0 Å². The van der Waals surface area contributed by atoms with Gasteiger partial charge in [0.15, 0.2) is 6.61 Å². The second-order valence-corrected chi connectivity index (χ2v) is 4.14. The molecule has 0 spiro atoms. The molecule has 0 aliphatic rings. The van der Waals surface area contributed by atoms with Crippen molar-refractivity contribution in [2.24, 2.45) is 0 Å². The van der Waals surface area contributed by atoms with Crippen LogP contribution in [0.5, 0.6) is 5.75 Å². The zero-order valence-electron chi connectivity index (χ0n) is 11.0. The summed E-state index contributed by atoms with van der Waals surface area (Å²) in [5.41, 5.74) is 1.23. The van der Waals surface area contributed by atoms with Crippen LogP contribution in [0.1, 0.15) is 25.8 Å². The molecule has 100 valence electrons. The minimum Gasteiger partial charge on any atom is -0.484 e. The molecule has 0 bridgehead atoms. The lowest BCUT2D eigenvalue weighted by molar-refractivity contribution is -0.124. The van der Waals surface area contributed by atoms with Crippen molar-refractivity contribution in [2.45, 2.75) is 32.7 Å². The highest BCUT2D eigenvalue weighted by Gasteiger charge is 2.09. The van der Waals surface area contributed by atoms with Crippen LogP contribution in [0.25, 0.3) is 0 Å². The Labute approximate surface area is 108 Å². The van der Waals surface area contributed by atoms with E-state index in [0.29, 0.717) is 12.2 Å². The average molecular weight is 251 g/mol. The highest BCUT2D eigenvalue weighted by Crippen LogP contribution is 2.12. The molecule has 4 nitrogen and oxygen atoms in total. The van der Waals surface area contributed by atoms with Crippen LogP contribution < -0.4 is 10.1 Å². The molecule has 0 saturated carbocycles. The Morgan fingerprint density at radius 1 is 1.33 bits per heavy atom. The fraction of sp³-hybridized carbons (Fsp3) is 0.500. The minimum absolute atomic E-state index is 0.0258. The summed E-state index contributed by atoms with van der Waals surface area (Å²) in [5, 5.41) is 11.7. The molecule has 1 amide bonds. The Balaban J connectivity index is 2.37. The monoisotopic (exact) mass is 251 g/mol. The van der Waals surface area contributed by atoms with Gasteiger partial charge in [0.1, 0.15) is 5.75 Å². The lowest BCUT2D eigenvalue weighted by Gasteiger charge is -2.14. The van der Waals surface area contributed by atoms with Gasteiger partial charge < -0.3 is 15.2 Å². The number of aryl methyl sites for hydroxylation is 1. The van der Waals surface area contributed by atoms with E-state index in [1.165, 1.54) is 5.56 Å². The van der Waals surface area contributed by atoms with E-state index >= 15 is 0 Å². The summed E-state index contributed by atoms with van der Waals surface area (Å²) in [6, 6.07) is 7.49. The Bertz CT molecular complexity index is 358. The molecule has 1 aromatic rings. The molecule has 0 aromatic heterocycles. The van der Waals surface area contributed by atoms with Gasteiger partial charge in [-0.2, -0.15) is 0 Å². The zero-order valence-corrected chi connectivity index (χ0v) is 11.0. The summed E-state index contributed by atoms with van der Waals surface area (Å²) in [5.74, 6) is 0.467. The van der Waals surface area contributed by atoms with Crippen LogP contribution in [-0.2, 0) is 11.2 Å². The van der Waals surface area contributed by atoms with Crippen molar-refractivity contribution < 1.29 is 14.6 Å². The highest BCUT2D eigenvalue weighted by molar-refractivity contribution is 5.77. The van der Waals surface area contributed by atoms with Crippen molar-refractivity contribution in [3.63, 3.8) is 0 Å². The lowest BCUT2D eigenvalue weighted by atomic mass is 10.2. The number of carbonyl (C=O) groups is 1. The number of hydrogen-bond acceptors (Lipinski definition) is 3. The molecule has 1 aromatic carbocycles. The van der Waals surface area contributed by atoms with Gasteiger partial charge in [-0.3, -0.25) is 4.79 Å². The van der Waals surface area contributed by atoms with Gasteiger partial charge in [0.2, 0.25) is 0 Å². The lowest BCUT2D eigenvalue weighted by Crippen LogP contribution is -2.39. The number of carbonyl (C=O) groups excluding carboxylic acids is 1. The Morgan fingerprint density at radius 2 is 2.00 bits per heavy atom. The first-order chi connectivity index (χ1) is 8.69. The summed E-state index contributed by atoms with van der Waals surface area (Å²) in [4.78, 5) is 11.5. The molecule has 0 saturated heterocycles. The predicted octanol–water partition coefficient (Wildman–Crippen LogP) is 1.51. The fourth-order valence-corrected chi connectivity index (χ4v) is 1.52. The van der Waals surface area contributed by atoms with Gasteiger partial charge in [-0.25, -0.2) is 0 Å². The molecule has 0 unspecified atom stereocenters. The third-order valence-electron chi connectivity index (χ3n) is 2.78.